The summed E-state index contributed by atoms with van der Waals surface area (Å²) < 4.78 is 6.59. The number of amides is 1. The van der Waals surface area contributed by atoms with Crippen molar-refractivity contribution in [3.05, 3.63) is 41.9 Å². The maximum atomic E-state index is 11.7. The van der Waals surface area contributed by atoms with Gasteiger partial charge < -0.3 is 19.4 Å². The molecule has 94 valence electrons. The van der Waals surface area contributed by atoms with Gasteiger partial charge in [0.1, 0.15) is 11.5 Å². The zero-order valence-electron chi connectivity index (χ0n) is 9.58. The standard InChI is InChI=1S/C11H11N3O4/c1-14-6-12-5-8(14)10(15)13-4-7-2-3-9(18-7)11(16)17/h2-3,5-6H,4H2,1H3,(H,13,15)(H,16,17). The van der Waals surface area contributed by atoms with Crippen LogP contribution in [0.5, 0.6) is 0 Å². The molecule has 0 bridgehead atoms. The van der Waals surface area contributed by atoms with Gasteiger partial charge in [-0.15, -0.1) is 0 Å². The monoisotopic (exact) mass is 249 g/mol. The van der Waals surface area contributed by atoms with E-state index in [0.29, 0.717) is 11.5 Å². The van der Waals surface area contributed by atoms with Crippen molar-refractivity contribution in [1.82, 2.24) is 14.9 Å². The Morgan fingerprint density at radius 2 is 2.28 bits per heavy atom. The van der Waals surface area contributed by atoms with Crippen molar-refractivity contribution < 1.29 is 19.1 Å². The molecule has 0 unspecified atom stereocenters. The number of imidazole rings is 1. The lowest BCUT2D eigenvalue weighted by Crippen LogP contribution is -2.24. The van der Waals surface area contributed by atoms with Crippen LogP contribution in [0, 0.1) is 0 Å². The molecule has 2 N–H and O–H groups in total. The predicted octanol–water partition coefficient (Wildman–Crippen LogP) is 0.641. The highest BCUT2D eigenvalue weighted by molar-refractivity contribution is 5.92. The van der Waals surface area contributed by atoms with Gasteiger partial charge in [-0.1, -0.05) is 0 Å². The summed E-state index contributed by atoms with van der Waals surface area (Å²) in [6, 6.07) is 2.85. The van der Waals surface area contributed by atoms with Crippen LogP contribution in [0.3, 0.4) is 0 Å². The molecule has 0 fully saturated rings. The predicted molar refractivity (Wildman–Crippen MR) is 60.0 cm³/mol. The number of carbonyl (C=O) groups is 2. The summed E-state index contributed by atoms with van der Waals surface area (Å²) >= 11 is 0. The van der Waals surface area contributed by atoms with Crippen LogP contribution in [0.2, 0.25) is 0 Å². The number of carboxylic acid groups (broad SMARTS) is 1. The number of hydrogen-bond acceptors (Lipinski definition) is 4. The number of hydrogen-bond donors (Lipinski definition) is 2. The molecule has 0 aromatic carbocycles. The van der Waals surface area contributed by atoms with Crippen molar-refractivity contribution in [3.63, 3.8) is 0 Å². The fraction of sp³-hybridized carbons (Fsp3) is 0.182. The largest absolute Gasteiger partial charge is 0.475 e. The fourth-order valence-electron chi connectivity index (χ4n) is 1.42. The lowest BCUT2D eigenvalue weighted by atomic mass is 10.4. The Labute approximate surface area is 102 Å². The number of aryl methyl sites for hydroxylation is 1. The van der Waals surface area contributed by atoms with E-state index in [9.17, 15) is 9.59 Å². The highest BCUT2D eigenvalue weighted by atomic mass is 16.4. The van der Waals surface area contributed by atoms with Crippen LogP contribution in [0.25, 0.3) is 0 Å². The van der Waals surface area contributed by atoms with Gasteiger partial charge in [0.25, 0.3) is 5.91 Å². The molecular formula is C11H11N3O4. The van der Waals surface area contributed by atoms with Gasteiger partial charge in [0, 0.05) is 7.05 Å². The second kappa shape index (κ2) is 4.74. The molecule has 2 heterocycles. The number of aromatic carboxylic acids is 1. The molecule has 1 amide bonds. The third-order valence-electron chi connectivity index (χ3n) is 2.34. The Bertz CT molecular complexity index is 585. The summed E-state index contributed by atoms with van der Waals surface area (Å²) in [6.07, 6.45) is 2.96. The molecule has 18 heavy (non-hydrogen) atoms. The summed E-state index contributed by atoms with van der Waals surface area (Å²) in [4.78, 5) is 26.1. The van der Waals surface area contributed by atoms with Gasteiger partial charge in [-0.3, -0.25) is 4.79 Å². The minimum absolute atomic E-state index is 0.122. The number of carboxylic acids is 1. The van der Waals surface area contributed by atoms with Crippen molar-refractivity contribution in [3.8, 4) is 0 Å². The number of aromatic nitrogens is 2. The second-order valence-corrected chi connectivity index (χ2v) is 3.64. The van der Waals surface area contributed by atoms with Crippen molar-refractivity contribution >= 4 is 11.9 Å². The van der Waals surface area contributed by atoms with Gasteiger partial charge in [-0.25, -0.2) is 9.78 Å². The van der Waals surface area contributed by atoms with E-state index < -0.39 is 5.97 Å². The van der Waals surface area contributed by atoms with Crippen molar-refractivity contribution in [2.45, 2.75) is 6.54 Å². The normalized spacial score (nSPS) is 10.3. The van der Waals surface area contributed by atoms with E-state index >= 15 is 0 Å². The van der Waals surface area contributed by atoms with Gasteiger partial charge >= 0.3 is 5.97 Å². The lowest BCUT2D eigenvalue weighted by Gasteiger charge is -2.03. The van der Waals surface area contributed by atoms with E-state index in [1.165, 1.54) is 24.7 Å². The zero-order chi connectivity index (χ0) is 13.1. The van der Waals surface area contributed by atoms with Crippen LogP contribution in [-0.2, 0) is 13.6 Å². The van der Waals surface area contributed by atoms with Crippen LogP contribution in [0.1, 0.15) is 26.8 Å². The van der Waals surface area contributed by atoms with E-state index in [0.717, 1.165) is 0 Å². The van der Waals surface area contributed by atoms with Gasteiger partial charge in [-0.2, -0.15) is 0 Å². The first-order valence-corrected chi connectivity index (χ1v) is 5.14. The number of carbonyl (C=O) groups excluding carboxylic acids is 1. The summed E-state index contributed by atoms with van der Waals surface area (Å²) in [5.41, 5.74) is 0.417. The first-order valence-electron chi connectivity index (χ1n) is 5.14. The Morgan fingerprint density at radius 1 is 1.50 bits per heavy atom. The van der Waals surface area contributed by atoms with Crippen molar-refractivity contribution in [1.29, 1.82) is 0 Å². The third kappa shape index (κ3) is 2.40. The lowest BCUT2D eigenvalue weighted by molar-refractivity contribution is 0.0660. The number of nitrogens with one attached hydrogen (secondary N) is 1. The maximum Gasteiger partial charge on any atom is 0.371 e. The fourth-order valence-corrected chi connectivity index (χ4v) is 1.42. The third-order valence-corrected chi connectivity index (χ3v) is 2.34. The molecule has 2 aromatic heterocycles. The maximum absolute atomic E-state index is 11.7. The molecule has 0 aliphatic carbocycles. The molecule has 0 aliphatic heterocycles. The quantitative estimate of drug-likeness (QED) is 0.828. The van der Waals surface area contributed by atoms with E-state index in [1.54, 1.807) is 11.6 Å². The highest BCUT2D eigenvalue weighted by Crippen LogP contribution is 2.07. The van der Waals surface area contributed by atoms with E-state index in [-0.39, 0.29) is 18.2 Å². The number of furan rings is 1. The van der Waals surface area contributed by atoms with Crippen LogP contribution in [0.15, 0.2) is 29.1 Å². The summed E-state index contributed by atoms with van der Waals surface area (Å²) in [5, 5.41) is 11.3. The van der Waals surface area contributed by atoms with Gasteiger partial charge in [0.05, 0.1) is 19.1 Å². The molecule has 7 nitrogen and oxygen atoms in total. The van der Waals surface area contributed by atoms with E-state index in [2.05, 4.69) is 10.3 Å². The molecule has 0 radical (unpaired) electrons. The van der Waals surface area contributed by atoms with E-state index in [4.69, 9.17) is 9.52 Å². The molecule has 2 rings (SSSR count). The zero-order valence-corrected chi connectivity index (χ0v) is 9.58. The molecule has 2 aromatic rings. The topological polar surface area (TPSA) is 97.4 Å². The highest BCUT2D eigenvalue weighted by Gasteiger charge is 2.12. The molecule has 0 atom stereocenters. The average molecular weight is 249 g/mol. The van der Waals surface area contributed by atoms with Crippen LogP contribution in [0.4, 0.5) is 0 Å². The smallest absolute Gasteiger partial charge is 0.371 e. The Hall–Kier alpha value is -2.57. The second-order valence-electron chi connectivity index (χ2n) is 3.64. The van der Waals surface area contributed by atoms with Gasteiger partial charge in [0.15, 0.2) is 0 Å². The number of rotatable bonds is 4. The minimum Gasteiger partial charge on any atom is -0.475 e. The molecule has 0 aliphatic rings. The van der Waals surface area contributed by atoms with Crippen LogP contribution >= 0.6 is 0 Å². The Kier molecular flexibility index (Phi) is 3.13. The van der Waals surface area contributed by atoms with Crippen LogP contribution in [-0.4, -0.2) is 26.5 Å². The van der Waals surface area contributed by atoms with Gasteiger partial charge in [-0.05, 0) is 12.1 Å². The van der Waals surface area contributed by atoms with Gasteiger partial charge in [0.2, 0.25) is 5.76 Å². The molecule has 7 heteroatoms. The summed E-state index contributed by atoms with van der Waals surface area (Å²) in [6.45, 7) is 0.122. The molecular weight excluding hydrogens is 238 g/mol. The molecule has 0 spiro atoms. The van der Waals surface area contributed by atoms with Crippen molar-refractivity contribution in [2.24, 2.45) is 7.05 Å². The first kappa shape index (κ1) is 11.9. The van der Waals surface area contributed by atoms with Crippen molar-refractivity contribution in [2.75, 3.05) is 0 Å². The Morgan fingerprint density at radius 3 is 2.83 bits per heavy atom. The van der Waals surface area contributed by atoms with E-state index in [1.807, 2.05) is 0 Å². The minimum atomic E-state index is -1.14. The Balaban J connectivity index is 1.97. The number of nitrogens with zero attached hydrogens (tertiary/aromatic N) is 2. The summed E-state index contributed by atoms with van der Waals surface area (Å²) in [5.74, 6) is -1.22. The average Bonchev–Trinajstić information content (AvgIpc) is 2.94. The van der Waals surface area contributed by atoms with Crippen LogP contribution < -0.4 is 5.32 Å². The molecule has 0 saturated carbocycles. The first-order chi connectivity index (χ1) is 8.58. The SMILES string of the molecule is Cn1cncc1C(=O)NCc1ccc(C(=O)O)o1. The summed E-state index contributed by atoms with van der Waals surface area (Å²) in [7, 11) is 1.71. The molecule has 0 saturated heterocycles.